The maximum atomic E-state index is 11.9. The molecule has 1 aromatic rings. The van der Waals surface area contributed by atoms with Crippen LogP contribution in [0.3, 0.4) is 0 Å². The number of aromatic nitrogens is 2. The van der Waals surface area contributed by atoms with Crippen molar-refractivity contribution in [3.63, 3.8) is 0 Å². The lowest BCUT2D eigenvalue weighted by Gasteiger charge is -2.22. The fourth-order valence-electron chi connectivity index (χ4n) is 2.00. The van der Waals surface area contributed by atoms with Crippen LogP contribution in [-0.4, -0.2) is 28.8 Å². The molecule has 1 fully saturated rings. The molecule has 0 spiro atoms. The highest BCUT2D eigenvalue weighted by Gasteiger charge is 2.14. The van der Waals surface area contributed by atoms with Gasteiger partial charge in [0.25, 0.3) is 5.56 Å². The van der Waals surface area contributed by atoms with Crippen LogP contribution in [0.5, 0.6) is 0 Å². The minimum Gasteiger partial charge on any atom is -0.376 e. The van der Waals surface area contributed by atoms with Crippen LogP contribution < -0.4 is 10.9 Å². The van der Waals surface area contributed by atoms with Crippen LogP contribution in [0.15, 0.2) is 17.2 Å². The van der Waals surface area contributed by atoms with Crippen molar-refractivity contribution in [1.29, 1.82) is 0 Å². The van der Waals surface area contributed by atoms with Gasteiger partial charge in [0.05, 0.1) is 6.10 Å². The smallest absolute Gasteiger partial charge is 0.293 e. The summed E-state index contributed by atoms with van der Waals surface area (Å²) in [7, 11) is 0. The molecule has 0 aromatic carbocycles. The van der Waals surface area contributed by atoms with Gasteiger partial charge in [0.2, 0.25) is 0 Å². The summed E-state index contributed by atoms with van der Waals surface area (Å²) in [6.07, 6.45) is 6.96. The molecule has 0 bridgehead atoms. The van der Waals surface area contributed by atoms with E-state index in [2.05, 4.69) is 10.3 Å². The van der Waals surface area contributed by atoms with Crippen molar-refractivity contribution >= 4 is 5.82 Å². The van der Waals surface area contributed by atoms with E-state index in [0.29, 0.717) is 18.9 Å². The molecule has 0 saturated carbocycles. The molecule has 0 amide bonds. The van der Waals surface area contributed by atoms with E-state index >= 15 is 0 Å². The van der Waals surface area contributed by atoms with Gasteiger partial charge in [0.15, 0.2) is 5.82 Å². The van der Waals surface area contributed by atoms with Crippen molar-refractivity contribution in [2.75, 3.05) is 18.5 Å². The zero-order chi connectivity index (χ0) is 12.1. The summed E-state index contributed by atoms with van der Waals surface area (Å²) < 4.78 is 7.23. The summed E-state index contributed by atoms with van der Waals surface area (Å²) in [5.41, 5.74) is -0.0641. The first-order valence-electron chi connectivity index (χ1n) is 6.22. The van der Waals surface area contributed by atoms with Crippen molar-refractivity contribution in [2.45, 2.75) is 38.8 Å². The molecule has 2 rings (SSSR count). The maximum absolute atomic E-state index is 11.9. The van der Waals surface area contributed by atoms with Crippen molar-refractivity contribution in [2.24, 2.45) is 0 Å². The average Bonchev–Trinajstić information content (AvgIpc) is 2.39. The first-order valence-corrected chi connectivity index (χ1v) is 6.22. The monoisotopic (exact) mass is 237 g/mol. The largest absolute Gasteiger partial charge is 0.376 e. The standard InChI is InChI=1S/C12H19N3O2/c1-2-15-7-6-13-11(12(15)16)14-9-10-5-3-4-8-17-10/h6-7,10H,2-5,8-9H2,1H3,(H,13,14). The van der Waals surface area contributed by atoms with E-state index < -0.39 is 0 Å². The topological polar surface area (TPSA) is 56.1 Å². The van der Waals surface area contributed by atoms with Crippen molar-refractivity contribution in [1.82, 2.24) is 9.55 Å². The summed E-state index contributed by atoms with van der Waals surface area (Å²) in [6.45, 7) is 4.09. The van der Waals surface area contributed by atoms with Crippen LogP contribution in [-0.2, 0) is 11.3 Å². The number of nitrogens with zero attached hydrogens (tertiary/aromatic N) is 2. The van der Waals surface area contributed by atoms with Crippen molar-refractivity contribution < 1.29 is 4.74 Å². The molecule has 17 heavy (non-hydrogen) atoms. The molecule has 0 aliphatic carbocycles. The second-order valence-electron chi connectivity index (χ2n) is 4.24. The van der Waals surface area contributed by atoms with E-state index in [-0.39, 0.29) is 11.7 Å². The van der Waals surface area contributed by atoms with Gasteiger partial charge < -0.3 is 14.6 Å². The summed E-state index contributed by atoms with van der Waals surface area (Å²) in [5.74, 6) is 0.420. The fourth-order valence-corrected chi connectivity index (χ4v) is 2.00. The summed E-state index contributed by atoms with van der Waals surface area (Å²) >= 11 is 0. The Morgan fingerprint density at radius 3 is 3.18 bits per heavy atom. The molecule has 0 radical (unpaired) electrons. The van der Waals surface area contributed by atoms with Gasteiger partial charge in [0, 0.05) is 32.1 Å². The lowest BCUT2D eigenvalue weighted by Crippen LogP contribution is -2.30. The van der Waals surface area contributed by atoms with Crippen LogP contribution in [0.4, 0.5) is 5.82 Å². The number of hydrogen-bond donors (Lipinski definition) is 1. The number of nitrogens with one attached hydrogen (secondary N) is 1. The Morgan fingerprint density at radius 1 is 1.59 bits per heavy atom. The quantitative estimate of drug-likeness (QED) is 0.856. The van der Waals surface area contributed by atoms with E-state index in [1.165, 1.54) is 6.42 Å². The Bertz CT molecular complexity index is 410. The lowest BCUT2D eigenvalue weighted by molar-refractivity contribution is 0.0247. The molecule has 1 N–H and O–H groups in total. The van der Waals surface area contributed by atoms with Crippen molar-refractivity contribution in [3.8, 4) is 0 Å². The van der Waals surface area contributed by atoms with Gasteiger partial charge in [-0.05, 0) is 26.2 Å². The van der Waals surface area contributed by atoms with Gasteiger partial charge in [-0.2, -0.15) is 0 Å². The average molecular weight is 237 g/mol. The summed E-state index contributed by atoms with van der Waals surface area (Å²) in [4.78, 5) is 15.9. The number of aryl methyl sites for hydroxylation is 1. The molecule has 5 nitrogen and oxygen atoms in total. The van der Waals surface area contributed by atoms with Gasteiger partial charge in [-0.25, -0.2) is 4.98 Å². The predicted molar refractivity (Wildman–Crippen MR) is 66.3 cm³/mol. The first kappa shape index (κ1) is 12.1. The molecule has 1 saturated heterocycles. The van der Waals surface area contributed by atoms with Gasteiger partial charge in [-0.15, -0.1) is 0 Å². The number of anilines is 1. The molecule has 2 heterocycles. The molecule has 94 valence electrons. The van der Waals surface area contributed by atoms with E-state index in [1.54, 1.807) is 17.0 Å². The second kappa shape index (κ2) is 5.82. The van der Waals surface area contributed by atoms with Crippen LogP contribution in [0, 0.1) is 0 Å². The molecule has 5 heteroatoms. The minimum atomic E-state index is -0.0641. The SMILES string of the molecule is CCn1ccnc(NCC2CCCCO2)c1=O. The highest BCUT2D eigenvalue weighted by molar-refractivity contribution is 5.30. The number of rotatable bonds is 4. The van der Waals surface area contributed by atoms with Gasteiger partial charge in [0.1, 0.15) is 0 Å². The van der Waals surface area contributed by atoms with E-state index in [1.807, 2.05) is 6.92 Å². The normalized spacial score (nSPS) is 20.2. The summed E-state index contributed by atoms with van der Waals surface area (Å²) in [5, 5.41) is 3.09. The second-order valence-corrected chi connectivity index (χ2v) is 4.24. The Kier molecular flexibility index (Phi) is 4.14. The summed E-state index contributed by atoms with van der Waals surface area (Å²) in [6, 6.07) is 0. The Hall–Kier alpha value is -1.36. The Balaban J connectivity index is 1.96. The number of hydrogen-bond acceptors (Lipinski definition) is 4. The molecule has 1 atom stereocenters. The zero-order valence-corrected chi connectivity index (χ0v) is 10.2. The van der Waals surface area contributed by atoms with Gasteiger partial charge in [-0.1, -0.05) is 0 Å². The number of ether oxygens (including phenoxy) is 1. The molecule has 1 unspecified atom stereocenters. The third kappa shape index (κ3) is 3.06. The van der Waals surface area contributed by atoms with E-state index in [4.69, 9.17) is 4.74 Å². The Morgan fingerprint density at radius 2 is 2.47 bits per heavy atom. The highest BCUT2D eigenvalue weighted by atomic mass is 16.5. The zero-order valence-electron chi connectivity index (χ0n) is 10.2. The molecule has 1 aliphatic rings. The third-order valence-corrected chi connectivity index (χ3v) is 3.03. The highest BCUT2D eigenvalue weighted by Crippen LogP contribution is 2.12. The van der Waals surface area contributed by atoms with Crippen LogP contribution >= 0.6 is 0 Å². The molecular formula is C12H19N3O2. The predicted octanol–water partition coefficient (Wildman–Crippen LogP) is 1.24. The third-order valence-electron chi connectivity index (χ3n) is 3.03. The lowest BCUT2D eigenvalue weighted by atomic mass is 10.1. The van der Waals surface area contributed by atoms with Crippen LogP contribution in [0.1, 0.15) is 26.2 Å². The van der Waals surface area contributed by atoms with Crippen LogP contribution in [0.25, 0.3) is 0 Å². The molecular weight excluding hydrogens is 218 g/mol. The fraction of sp³-hybridized carbons (Fsp3) is 0.667. The Labute approximate surface area is 101 Å². The minimum absolute atomic E-state index is 0.0641. The van der Waals surface area contributed by atoms with Gasteiger partial charge in [-0.3, -0.25) is 4.79 Å². The van der Waals surface area contributed by atoms with E-state index in [9.17, 15) is 4.79 Å². The van der Waals surface area contributed by atoms with Crippen LogP contribution in [0.2, 0.25) is 0 Å². The van der Waals surface area contributed by atoms with Gasteiger partial charge >= 0.3 is 0 Å². The van der Waals surface area contributed by atoms with E-state index in [0.717, 1.165) is 19.4 Å². The molecule has 1 aromatic heterocycles. The molecule has 1 aliphatic heterocycles. The maximum Gasteiger partial charge on any atom is 0.293 e. The first-order chi connectivity index (χ1) is 8.31. The van der Waals surface area contributed by atoms with Crippen molar-refractivity contribution in [3.05, 3.63) is 22.7 Å².